The summed E-state index contributed by atoms with van der Waals surface area (Å²) in [5.41, 5.74) is 14.8. The average Bonchev–Trinajstić information content (AvgIpc) is 2.61. The number of amides is 1. The molecule has 0 saturated heterocycles. The highest BCUT2D eigenvalue weighted by Gasteiger charge is 2.32. The molecule has 26 heavy (non-hydrogen) atoms. The third-order valence-corrected chi connectivity index (χ3v) is 5.48. The van der Waals surface area contributed by atoms with Crippen molar-refractivity contribution in [2.75, 3.05) is 16.8 Å². The van der Waals surface area contributed by atoms with Crippen LogP contribution in [0.15, 0.2) is 30.3 Å². The molecule has 0 saturated carbocycles. The van der Waals surface area contributed by atoms with E-state index >= 15 is 0 Å². The Bertz CT molecular complexity index is 1160. The molecule has 0 unspecified atom stereocenters. The minimum Gasteiger partial charge on any atom is -0.397 e. The molecular formula is C18H15N6OS+. The number of nitrogens with two attached hydrogens (primary N) is 3. The van der Waals surface area contributed by atoms with Gasteiger partial charge in [0.15, 0.2) is 0 Å². The van der Waals surface area contributed by atoms with E-state index < -0.39 is 0 Å². The van der Waals surface area contributed by atoms with Crippen LogP contribution in [-0.2, 0) is 4.79 Å². The fraction of sp³-hybridized carbons (Fsp3) is 0.111. The maximum absolute atomic E-state index is 12.2. The first-order valence-corrected chi connectivity index (χ1v) is 8.72. The average molecular weight is 363 g/mol. The molecule has 128 valence electrons. The molecule has 0 spiro atoms. The van der Waals surface area contributed by atoms with Crippen LogP contribution in [0.2, 0.25) is 0 Å². The van der Waals surface area contributed by atoms with Gasteiger partial charge in [0.25, 0.3) is 4.67 Å². The van der Waals surface area contributed by atoms with Crippen molar-refractivity contribution in [1.82, 2.24) is 4.98 Å². The molecule has 0 bridgehead atoms. The third-order valence-electron chi connectivity index (χ3n) is 4.53. The van der Waals surface area contributed by atoms with Crippen LogP contribution in [0.3, 0.4) is 0 Å². The predicted molar refractivity (Wildman–Crippen MR) is 99.8 cm³/mol. The Balaban J connectivity index is 2.13. The highest BCUT2D eigenvalue weighted by molar-refractivity contribution is 7.14. The van der Waals surface area contributed by atoms with Gasteiger partial charge in [0.2, 0.25) is 5.91 Å². The largest absolute Gasteiger partial charge is 0.397 e. The van der Waals surface area contributed by atoms with Crippen LogP contribution in [0.1, 0.15) is 29.0 Å². The van der Waals surface area contributed by atoms with Gasteiger partial charge in [-0.25, -0.2) is 10.4 Å². The second kappa shape index (κ2) is 5.82. The van der Waals surface area contributed by atoms with Gasteiger partial charge in [-0.05, 0) is 5.56 Å². The molecule has 1 amide bonds. The van der Waals surface area contributed by atoms with Crippen LogP contribution in [0.25, 0.3) is 10.9 Å². The van der Waals surface area contributed by atoms with Crippen molar-refractivity contribution in [3.63, 3.8) is 0 Å². The van der Waals surface area contributed by atoms with Crippen molar-refractivity contribution in [2.24, 2.45) is 0 Å². The van der Waals surface area contributed by atoms with Crippen LogP contribution >= 0.6 is 11.3 Å². The maximum Gasteiger partial charge on any atom is 0.266 e. The van der Waals surface area contributed by atoms with E-state index in [1.165, 1.54) is 11.3 Å². The van der Waals surface area contributed by atoms with Gasteiger partial charge in [-0.2, -0.15) is 5.26 Å². The number of nitriles is 1. The zero-order chi connectivity index (χ0) is 18.4. The summed E-state index contributed by atoms with van der Waals surface area (Å²) in [4.78, 5) is 16.7. The summed E-state index contributed by atoms with van der Waals surface area (Å²) in [6.07, 6.45) is 0.282. The van der Waals surface area contributed by atoms with Gasteiger partial charge in [0.1, 0.15) is 27.8 Å². The number of hydrogen-bond donors (Lipinski definition) is 4. The number of hydrogen-bond acceptors (Lipinski definition) is 6. The Kier molecular flexibility index (Phi) is 3.60. The lowest BCUT2D eigenvalue weighted by Crippen LogP contribution is -2.44. The van der Waals surface area contributed by atoms with Gasteiger partial charge < -0.3 is 16.8 Å². The first-order chi connectivity index (χ1) is 12.5. The molecule has 8 heteroatoms. The fourth-order valence-corrected chi connectivity index (χ4v) is 4.40. The number of nitrogens with zero attached hydrogens (tertiary/aromatic N) is 2. The molecule has 0 fully saturated rings. The highest BCUT2D eigenvalue weighted by atomic mass is 32.1. The Labute approximate surface area is 152 Å². The van der Waals surface area contributed by atoms with Gasteiger partial charge in [-0.1, -0.05) is 41.7 Å². The summed E-state index contributed by atoms with van der Waals surface area (Å²) in [7, 11) is 0. The van der Waals surface area contributed by atoms with E-state index in [1.54, 1.807) is 0 Å². The molecule has 7 N–H and O–H groups in total. The number of aromatic nitrogens is 1. The molecule has 1 atom stereocenters. The Morgan fingerprint density at radius 3 is 2.73 bits per heavy atom. The van der Waals surface area contributed by atoms with E-state index in [2.05, 4.69) is 10.3 Å². The normalized spacial score (nSPS) is 16.0. The first kappa shape index (κ1) is 16.1. The van der Waals surface area contributed by atoms with Crippen LogP contribution in [0, 0.1) is 11.3 Å². The molecule has 3 heterocycles. The monoisotopic (exact) mass is 363 g/mol. The molecule has 1 aliphatic rings. The number of carbonyl (C=O) groups excluding carboxylic acids is 1. The summed E-state index contributed by atoms with van der Waals surface area (Å²) < 4.78 is 0.384. The summed E-state index contributed by atoms with van der Waals surface area (Å²) in [5, 5.41) is 19.5. The number of anilines is 3. The van der Waals surface area contributed by atoms with Crippen molar-refractivity contribution in [1.29, 1.82) is 5.26 Å². The summed E-state index contributed by atoms with van der Waals surface area (Å²) in [6, 6.07) is 11.7. The molecule has 4 rings (SSSR count). The Morgan fingerprint density at radius 1 is 1.31 bits per heavy atom. The van der Waals surface area contributed by atoms with Crippen molar-refractivity contribution in [3.8, 4) is 6.07 Å². The molecular weight excluding hydrogens is 348 g/mol. The van der Waals surface area contributed by atoms with Gasteiger partial charge in [-0.3, -0.25) is 4.79 Å². The minimum atomic E-state index is -0.196. The topological polar surface area (TPSA) is 143 Å². The van der Waals surface area contributed by atoms with Crippen LogP contribution in [-0.4, -0.2) is 10.9 Å². The molecule has 1 aromatic carbocycles. The number of nitrogens with one attached hydrogen (secondary N) is 1. The van der Waals surface area contributed by atoms with Gasteiger partial charge in [0, 0.05) is 17.9 Å². The molecule has 7 nitrogen and oxygen atoms in total. The van der Waals surface area contributed by atoms with E-state index in [0.717, 1.165) is 11.1 Å². The predicted octanol–water partition coefficient (Wildman–Crippen LogP) is 0.466. The molecule has 1 aliphatic heterocycles. The van der Waals surface area contributed by atoms with Crippen LogP contribution < -0.4 is 26.9 Å². The number of fused-ring (bicyclic) bond motifs is 3. The lowest BCUT2D eigenvalue weighted by atomic mass is 9.86. The molecule has 3 aromatic rings. The second-order valence-corrected chi connectivity index (χ2v) is 7.10. The van der Waals surface area contributed by atoms with E-state index in [0.29, 0.717) is 20.6 Å². The van der Waals surface area contributed by atoms with Crippen molar-refractivity contribution in [3.05, 3.63) is 51.7 Å². The SMILES string of the molecule is N#Cc1c(N)nc2c3c(sc(=[NH2+])c2c1N)NC(=O)C[C@@H]3c1ccccc1. The van der Waals surface area contributed by atoms with Crippen LogP contribution in [0.5, 0.6) is 0 Å². The standard InChI is InChI=1S/C18H14N6OS/c19-7-10-14(20)13-15(24-16(10)21)12-9(8-4-2-1-3-5-8)6-11(25)23-18(12)26-17(13)22/h1-5,9,22H,6H2,(H,23,25)(H4,20,21,24)/p+1/t9-/m1/s1. The molecule has 2 aromatic heterocycles. The molecule has 0 aliphatic carbocycles. The number of benzene rings is 1. The number of carbonyl (C=O) groups is 1. The van der Waals surface area contributed by atoms with Gasteiger partial charge in [-0.15, -0.1) is 0 Å². The maximum atomic E-state index is 12.2. The van der Waals surface area contributed by atoms with Crippen molar-refractivity contribution >= 4 is 44.7 Å². The Morgan fingerprint density at radius 2 is 2.04 bits per heavy atom. The van der Waals surface area contributed by atoms with E-state index in [1.807, 2.05) is 36.4 Å². The number of rotatable bonds is 1. The van der Waals surface area contributed by atoms with E-state index in [9.17, 15) is 10.1 Å². The summed E-state index contributed by atoms with van der Waals surface area (Å²) in [5.74, 6) is -0.228. The zero-order valence-corrected chi connectivity index (χ0v) is 14.4. The van der Waals surface area contributed by atoms with Crippen LogP contribution in [0.4, 0.5) is 16.5 Å². The third kappa shape index (κ3) is 2.29. The first-order valence-electron chi connectivity index (χ1n) is 7.90. The van der Waals surface area contributed by atoms with Gasteiger partial charge in [0.05, 0.1) is 11.2 Å². The minimum absolute atomic E-state index is 0.0546. The van der Waals surface area contributed by atoms with Crippen molar-refractivity contribution in [2.45, 2.75) is 12.3 Å². The number of nitrogen functional groups attached to an aromatic ring is 2. The summed E-state index contributed by atoms with van der Waals surface area (Å²) >= 11 is 1.23. The fourth-order valence-electron chi connectivity index (χ4n) is 3.36. The highest BCUT2D eigenvalue weighted by Crippen LogP contribution is 2.43. The van der Waals surface area contributed by atoms with E-state index in [-0.39, 0.29) is 35.3 Å². The van der Waals surface area contributed by atoms with Crippen molar-refractivity contribution < 1.29 is 10.2 Å². The Hall–Kier alpha value is -3.44. The smallest absolute Gasteiger partial charge is 0.266 e. The lowest BCUT2D eigenvalue weighted by Gasteiger charge is -2.26. The summed E-state index contributed by atoms with van der Waals surface area (Å²) in [6.45, 7) is 0. The molecule has 0 radical (unpaired) electrons. The van der Waals surface area contributed by atoms with E-state index in [4.69, 9.17) is 16.9 Å². The zero-order valence-electron chi connectivity index (χ0n) is 13.6. The second-order valence-electron chi connectivity index (χ2n) is 6.05. The lowest BCUT2D eigenvalue weighted by molar-refractivity contribution is -0.164. The van der Waals surface area contributed by atoms with Gasteiger partial charge >= 0.3 is 0 Å². The quantitative estimate of drug-likeness (QED) is 0.497. The number of pyridine rings is 1.